The van der Waals surface area contributed by atoms with E-state index in [0.29, 0.717) is 55.5 Å². The maximum absolute atomic E-state index is 10.1. The zero-order valence-electron chi connectivity index (χ0n) is 62.3. The summed E-state index contributed by atoms with van der Waals surface area (Å²) in [4.78, 5) is 0. The molecular formula is C87H71BrCl2FeN10NaNiO10Zr+8. The van der Waals surface area contributed by atoms with Crippen LogP contribution in [0, 0.1) is 48.5 Å². The van der Waals surface area contributed by atoms with Crippen molar-refractivity contribution in [2.24, 2.45) is 51.1 Å². The van der Waals surface area contributed by atoms with Crippen LogP contribution in [0.5, 0.6) is 57.5 Å². The molecule has 0 atom stereocenters. The molecule has 0 aliphatic carbocycles. The molecule has 565 valence electrons. The SMILES string of the molecule is Cc1ccc(O)c(N=Nc2c(O)ccc3cc(C)ccc23)c1.Cc1ccc(O)c(N=Nc2c(O)ccc3cc(C)ccc23)c1.Cc1ccc2c(N=Nc3cc(Br)ccc3O)c(O)ccc2c1.Cc1ccc2c(N=Nc3cc(Cl)ccc3O)c(O)ccc2c1.Cc1ccc2c(N=Nc3cc(Cl)ccc3O)c(O)ccc2c1.[Fe+3].[Na+].[Ni].[Zr+4]. The van der Waals surface area contributed by atoms with Crippen LogP contribution in [0.1, 0.15) is 38.9 Å². The summed E-state index contributed by atoms with van der Waals surface area (Å²) in [7, 11) is 0. The Morgan fingerprint density at radius 1 is 0.228 bits per heavy atom. The molecule has 0 aromatic heterocycles. The Labute approximate surface area is 736 Å². The van der Waals surface area contributed by atoms with Crippen molar-refractivity contribution in [2.75, 3.05) is 0 Å². The van der Waals surface area contributed by atoms with E-state index in [1.54, 1.807) is 91.0 Å². The largest absolute Gasteiger partial charge is 4.00 e. The molecule has 0 bridgehead atoms. The second-order valence-electron chi connectivity index (χ2n) is 25.7. The maximum Gasteiger partial charge on any atom is 4.00 e. The number of aromatic hydroxyl groups is 10. The normalized spacial score (nSPS) is 11.0. The summed E-state index contributed by atoms with van der Waals surface area (Å²) in [5.41, 5.74) is 11.1. The van der Waals surface area contributed by atoms with E-state index in [4.69, 9.17) is 23.2 Å². The molecular weight excluding hydrogens is 1720 g/mol. The van der Waals surface area contributed by atoms with Gasteiger partial charge in [0.25, 0.3) is 0 Å². The smallest absolute Gasteiger partial charge is 0.506 e. The van der Waals surface area contributed by atoms with E-state index in [2.05, 4.69) is 67.1 Å². The molecule has 0 heterocycles. The van der Waals surface area contributed by atoms with Gasteiger partial charge in [-0.25, -0.2) is 0 Å². The molecule has 0 amide bonds. The second kappa shape index (κ2) is 41.5. The second-order valence-corrected chi connectivity index (χ2v) is 27.5. The van der Waals surface area contributed by atoms with Gasteiger partial charge in [0.2, 0.25) is 0 Å². The fourth-order valence-corrected chi connectivity index (χ4v) is 12.0. The fourth-order valence-electron chi connectivity index (χ4n) is 11.3. The predicted octanol–water partition coefficient (Wildman–Crippen LogP) is 24.6. The van der Waals surface area contributed by atoms with Crippen molar-refractivity contribution >= 4 is 150 Å². The van der Waals surface area contributed by atoms with Gasteiger partial charge < -0.3 is 51.1 Å². The molecule has 0 fully saturated rings. The Balaban J connectivity index is 0.000000196. The van der Waals surface area contributed by atoms with Crippen LogP contribution < -0.4 is 29.6 Å². The zero-order chi connectivity index (χ0) is 78.4. The quantitative estimate of drug-likeness (QED) is 0.0456. The van der Waals surface area contributed by atoms with Gasteiger partial charge >= 0.3 is 72.8 Å². The number of azo groups is 5. The van der Waals surface area contributed by atoms with Gasteiger partial charge in [0.1, 0.15) is 114 Å². The van der Waals surface area contributed by atoms with Crippen LogP contribution in [-0.2, 0) is 59.8 Å². The van der Waals surface area contributed by atoms with Crippen LogP contribution in [-0.4, -0.2) is 51.1 Å². The van der Waals surface area contributed by atoms with Gasteiger partial charge in [0.05, 0.1) is 0 Å². The van der Waals surface area contributed by atoms with E-state index >= 15 is 0 Å². The van der Waals surface area contributed by atoms with Gasteiger partial charge in [-0.1, -0.05) is 200 Å². The third kappa shape index (κ3) is 23.4. The standard InChI is InChI=1S/2C18H16N2O2.C17H13BrN2O2.2C17H13ClN2O2.Fe.Na.Ni.Zr/c2*1-11-3-6-14-13(9-11)5-8-17(22)18(14)20-19-15-10-12(2)4-7-16(15)21;3*1-10-2-5-13-11(8-10)3-6-16(22)17(13)20-19-14-9-12(18)4-7-15(14)21;;;;/h2*3-10,21-22H,1-2H3;3*2-9,21-22H,1H3;;;;/q;;;;;+3;+1;;+4. The van der Waals surface area contributed by atoms with Gasteiger partial charge in [-0.2, -0.15) is 0 Å². The summed E-state index contributed by atoms with van der Waals surface area (Å²) >= 11 is 15.1. The Bertz CT molecular complexity index is 5350. The molecule has 20 nitrogen and oxygen atoms in total. The van der Waals surface area contributed by atoms with Crippen LogP contribution in [0.4, 0.5) is 56.9 Å². The predicted molar refractivity (Wildman–Crippen MR) is 440 cm³/mol. The molecule has 114 heavy (non-hydrogen) atoms. The van der Waals surface area contributed by atoms with Crippen molar-refractivity contribution in [2.45, 2.75) is 48.5 Å². The van der Waals surface area contributed by atoms with Crippen LogP contribution >= 0.6 is 39.1 Å². The average molecular weight is 1800 g/mol. The Morgan fingerprint density at radius 2 is 0.412 bits per heavy atom. The van der Waals surface area contributed by atoms with E-state index in [-0.39, 0.29) is 158 Å². The van der Waals surface area contributed by atoms with Crippen molar-refractivity contribution in [1.29, 1.82) is 0 Å². The number of rotatable bonds is 10. The molecule has 0 saturated carbocycles. The van der Waals surface area contributed by atoms with Gasteiger partial charge in [-0.15, -0.1) is 51.1 Å². The van der Waals surface area contributed by atoms with Crippen molar-refractivity contribution < 1.29 is 140 Å². The summed E-state index contributed by atoms with van der Waals surface area (Å²) in [6.07, 6.45) is 0. The Kier molecular flexibility index (Phi) is 33.1. The Hall–Kier alpha value is -10.4. The number of aryl methyl sites for hydroxylation is 7. The molecule has 27 heteroatoms. The first-order valence-electron chi connectivity index (χ1n) is 34.0. The van der Waals surface area contributed by atoms with Crippen molar-refractivity contribution in [3.63, 3.8) is 0 Å². The van der Waals surface area contributed by atoms with Crippen LogP contribution in [0.2, 0.25) is 10.0 Å². The molecule has 15 rings (SSSR count). The van der Waals surface area contributed by atoms with Gasteiger partial charge in [0.15, 0.2) is 0 Å². The summed E-state index contributed by atoms with van der Waals surface area (Å²) < 4.78 is 0.789. The zero-order valence-corrected chi connectivity index (χ0v) is 72.0. The van der Waals surface area contributed by atoms with Gasteiger partial charge in [0, 0.05) is 57.9 Å². The number of halogens is 3. The molecule has 10 N–H and O–H groups in total. The number of fused-ring (bicyclic) bond motifs is 5. The van der Waals surface area contributed by atoms with Crippen molar-refractivity contribution in [1.82, 2.24) is 0 Å². The third-order valence-corrected chi connectivity index (χ3v) is 18.0. The molecule has 15 aromatic rings. The number of phenols is 10. The number of hydrogen-bond acceptors (Lipinski definition) is 20. The molecule has 0 unspecified atom stereocenters. The number of hydrogen-bond donors (Lipinski definition) is 10. The van der Waals surface area contributed by atoms with Crippen LogP contribution in [0.25, 0.3) is 53.9 Å². The van der Waals surface area contributed by atoms with Crippen molar-refractivity contribution in [3.8, 4) is 57.5 Å². The summed E-state index contributed by atoms with van der Waals surface area (Å²) in [5, 5.41) is 150. The first-order valence-corrected chi connectivity index (χ1v) is 35.5. The number of phenolic OH excluding ortho intramolecular Hbond substituents is 10. The van der Waals surface area contributed by atoms with Crippen molar-refractivity contribution in [3.05, 3.63) is 296 Å². The minimum absolute atomic E-state index is 0. The van der Waals surface area contributed by atoms with E-state index in [0.717, 1.165) is 97.3 Å². The van der Waals surface area contributed by atoms with E-state index in [9.17, 15) is 51.1 Å². The third-order valence-electron chi connectivity index (χ3n) is 17.0. The monoisotopic (exact) mass is 1790 g/mol. The fraction of sp³-hybridized carbons (Fsp3) is 0.0805. The Morgan fingerprint density at radius 3 is 0.658 bits per heavy atom. The van der Waals surface area contributed by atoms with Gasteiger partial charge in [-0.3, -0.25) is 0 Å². The minimum Gasteiger partial charge on any atom is -0.506 e. The molecule has 0 spiro atoms. The van der Waals surface area contributed by atoms with Crippen LogP contribution in [0.15, 0.2) is 298 Å². The molecule has 1 radical (unpaired) electrons. The van der Waals surface area contributed by atoms with Gasteiger partial charge in [-0.05, 0) is 196 Å². The average Bonchev–Trinajstić information content (AvgIpc) is 0.820. The number of nitrogens with zero attached hydrogens (tertiary/aromatic N) is 10. The first-order chi connectivity index (χ1) is 52.7. The summed E-state index contributed by atoms with van der Waals surface area (Å²) in [6, 6.07) is 70.7. The maximum atomic E-state index is 10.1. The van der Waals surface area contributed by atoms with E-state index in [1.165, 1.54) is 30.3 Å². The molecule has 0 saturated heterocycles. The molecule has 0 aliphatic heterocycles. The number of benzene rings is 15. The first kappa shape index (κ1) is 90.7. The summed E-state index contributed by atoms with van der Waals surface area (Å²) in [5.74, 6) is 0.335. The van der Waals surface area contributed by atoms with Crippen LogP contribution in [0.3, 0.4) is 0 Å². The molecule has 0 aliphatic rings. The summed E-state index contributed by atoms with van der Waals surface area (Å²) in [6.45, 7) is 13.9. The minimum atomic E-state index is -0.0243. The van der Waals surface area contributed by atoms with E-state index < -0.39 is 0 Å². The van der Waals surface area contributed by atoms with E-state index in [1.807, 2.05) is 170 Å². The molecule has 15 aromatic carbocycles. The topological polar surface area (TPSA) is 326 Å².